The molecule has 0 bridgehead atoms. The molecule has 15 heteroatoms. The average Bonchev–Trinajstić information content (AvgIpc) is 3.37. The molecule has 14 nitrogen and oxygen atoms in total. The Kier molecular flexibility index (Phi) is 10.6. The highest BCUT2D eigenvalue weighted by Crippen LogP contribution is 2.36. The second-order valence-corrected chi connectivity index (χ2v) is 12.1. The van der Waals surface area contributed by atoms with Crippen LogP contribution < -0.4 is 29.3 Å². The van der Waals surface area contributed by atoms with Crippen molar-refractivity contribution in [3.8, 4) is 11.5 Å². The molecule has 0 radical (unpaired) electrons. The molecule has 1 atom stereocenters. The second kappa shape index (κ2) is 14.8. The van der Waals surface area contributed by atoms with E-state index in [0.29, 0.717) is 16.1 Å². The Morgan fingerprint density at radius 1 is 1.06 bits per heavy atom. The lowest BCUT2D eigenvalue weighted by Gasteiger charge is -2.34. The number of methoxy groups -OCH3 is 1. The number of rotatable bonds is 11. The average molecular weight is 680 g/mol. The van der Waals surface area contributed by atoms with Crippen LogP contribution in [0.25, 0.3) is 6.08 Å². The molecule has 1 saturated heterocycles. The highest BCUT2D eigenvalue weighted by atomic mass is 32.1. The molecule has 1 aromatic heterocycles. The molecule has 5 rings (SSSR count). The van der Waals surface area contributed by atoms with Gasteiger partial charge in [-0.15, -0.1) is 0 Å². The number of aromatic nitrogens is 1. The Balaban J connectivity index is 1.66. The molecular formula is C33H37N5O9S. The van der Waals surface area contributed by atoms with Gasteiger partial charge in [0.05, 0.1) is 52.7 Å². The Labute approximate surface area is 280 Å². The number of nitro groups is 1. The zero-order valence-electron chi connectivity index (χ0n) is 27.4. The lowest BCUT2D eigenvalue weighted by atomic mass is 9.95. The summed E-state index contributed by atoms with van der Waals surface area (Å²) in [4.78, 5) is 60.2. The summed E-state index contributed by atoms with van der Waals surface area (Å²) in [5.41, 5.74) is 1.50. The quantitative estimate of drug-likeness (QED) is 0.167. The van der Waals surface area contributed by atoms with Gasteiger partial charge in [0.25, 0.3) is 11.2 Å². The van der Waals surface area contributed by atoms with Crippen LogP contribution in [0.1, 0.15) is 37.9 Å². The number of esters is 2. The molecule has 2 aliphatic heterocycles. The Bertz CT molecular complexity index is 1940. The van der Waals surface area contributed by atoms with Crippen LogP contribution in [0, 0.1) is 10.1 Å². The molecule has 3 aromatic rings. The summed E-state index contributed by atoms with van der Waals surface area (Å²) in [6.45, 7) is 8.40. The molecule has 0 unspecified atom stereocenters. The number of ether oxygens (including phenoxy) is 4. The summed E-state index contributed by atoms with van der Waals surface area (Å²) in [7, 11) is 3.30. The first-order chi connectivity index (χ1) is 23.1. The fourth-order valence-electron chi connectivity index (χ4n) is 5.61. The van der Waals surface area contributed by atoms with Gasteiger partial charge in [0, 0.05) is 37.9 Å². The summed E-state index contributed by atoms with van der Waals surface area (Å²) in [5, 5.41) is 12.1. The summed E-state index contributed by atoms with van der Waals surface area (Å²) in [6.07, 6.45) is 1.51. The van der Waals surface area contributed by atoms with E-state index in [1.165, 1.54) is 23.8 Å². The van der Waals surface area contributed by atoms with E-state index in [4.69, 9.17) is 14.2 Å². The smallest absolute Gasteiger partial charge is 0.343 e. The standard InChI is InChI=1S/C33H37N5O9S/c1-6-45-26-17-21(8-11-25(26)47-19-28(39)44-5)30-29(32(41)46-7-2)20(3)34-33-37(30)31(40)27(48-33)18-22-16-23(9-10-24(22)38(42)43)36-14-12-35(4)13-15-36/h8-11,16-18,30H,6-7,12-15,19H2,1-5H3/b27-18-/t30-/m1/s1. The number of anilines is 1. The molecular weight excluding hydrogens is 642 g/mol. The van der Waals surface area contributed by atoms with Crippen LogP contribution in [-0.2, 0) is 19.1 Å². The number of likely N-dealkylation sites (N-methyl/N-ethyl adjacent to an activating group) is 1. The van der Waals surface area contributed by atoms with Gasteiger partial charge in [0.2, 0.25) is 0 Å². The Morgan fingerprint density at radius 2 is 1.81 bits per heavy atom. The van der Waals surface area contributed by atoms with E-state index < -0.39 is 28.5 Å². The lowest BCUT2D eigenvalue weighted by Crippen LogP contribution is -2.44. The molecule has 3 heterocycles. The third-order valence-electron chi connectivity index (χ3n) is 8.04. The van der Waals surface area contributed by atoms with Crippen LogP contribution in [0.3, 0.4) is 0 Å². The first-order valence-electron chi connectivity index (χ1n) is 15.4. The fraction of sp³-hybridized carbons (Fsp3) is 0.394. The normalized spacial score (nSPS) is 16.6. The van der Waals surface area contributed by atoms with E-state index in [1.807, 2.05) is 7.05 Å². The number of allylic oxidation sites excluding steroid dienone is 1. The van der Waals surface area contributed by atoms with Crippen molar-refractivity contribution in [3.05, 3.63) is 88.6 Å². The summed E-state index contributed by atoms with van der Waals surface area (Å²) >= 11 is 1.07. The number of carbonyl (C=O) groups excluding carboxylic acids is 2. The van der Waals surface area contributed by atoms with Crippen molar-refractivity contribution in [1.82, 2.24) is 9.47 Å². The van der Waals surface area contributed by atoms with Crippen molar-refractivity contribution in [2.45, 2.75) is 26.8 Å². The number of nitro benzene ring substituents is 1. The highest BCUT2D eigenvalue weighted by Gasteiger charge is 2.34. The first kappa shape index (κ1) is 34.3. The first-order valence-corrected chi connectivity index (χ1v) is 16.3. The zero-order valence-corrected chi connectivity index (χ0v) is 28.2. The SMILES string of the molecule is CCOC(=O)C1=C(C)N=c2s/c(=C\c3cc(N4CCN(C)CC4)ccc3[N+](=O)[O-])c(=O)n2[C@@H]1c1ccc(OCC(=O)OC)c(OCC)c1. The number of piperazine rings is 1. The van der Waals surface area contributed by atoms with E-state index in [0.717, 1.165) is 43.2 Å². The molecule has 48 heavy (non-hydrogen) atoms. The molecule has 2 aliphatic rings. The Hall–Kier alpha value is -5.02. The topological polar surface area (TPSA) is 155 Å². The maximum atomic E-state index is 14.2. The largest absolute Gasteiger partial charge is 0.490 e. The van der Waals surface area contributed by atoms with Crippen LogP contribution >= 0.6 is 11.3 Å². The summed E-state index contributed by atoms with van der Waals surface area (Å²) in [5.74, 6) is -0.664. The van der Waals surface area contributed by atoms with Gasteiger partial charge < -0.3 is 28.7 Å². The van der Waals surface area contributed by atoms with Crippen LogP contribution in [0.5, 0.6) is 11.5 Å². The minimum atomic E-state index is -0.969. The van der Waals surface area contributed by atoms with Gasteiger partial charge in [-0.3, -0.25) is 19.5 Å². The number of hydrogen-bond acceptors (Lipinski definition) is 13. The predicted molar refractivity (Wildman–Crippen MR) is 178 cm³/mol. The van der Waals surface area contributed by atoms with Gasteiger partial charge in [-0.25, -0.2) is 14.6 Å². The van der Waals surface area contributed by atoms with Crippen molar-refractivity contribution in [1.29, 1.82) is 0 Å². The minimum absolute atomic E-state index is 0.102. The van der Waals surface area contributed by atoms with E-state index >= 15 is 0 Å². The van der Waals surface area contributed by atoms with Crippen LogP contribution in [0.2, 0.25) is 0 Å². The van der Waals surface area contributed by atoms with E-state index in [-0.39, 0.29) is 52.7 Å². The van der Waals surface area contributed by atoms with Gasteiger partial charge in [0.1, 0.15) is 0 Å². The third-order valence-corrected chi connectivity index (χ3v) is 9.02. The molecule has 254 valence electrons. The van der Waals surface area contributed by atoms with Crippen molar-refractivity contribution in [2.24, 2.45) is 4.99 Å². The molecule has 1 fully saturated rings. The number of carbonyl (C=O) groups is 2. The van der Waals surface area contributed by atoms with Crippen molar-refractivity contribution >= 4 is 40.7 Å². The Morgan fingerprint density at radius 3 is 2.48 bits per heavy atom. The van der Waals surface area contributed by atoms with Crippen LogP contribution in [0.4, 0.5) is 11.4 Å². The number of nitrogens with zero attached hydrogens (tertiary/aromatic N) is 5. The maximum Gasteiger partial charge on any atom is 0.343 e. The molecule has 0 saturated carbocycles. The zero-order chi connectivity index (χ0) is 34.5. The summed E-state index contributed by atoms with van der Waals surface area (Å²) < 4.78 is 23.1. The number of fused-ring (bicyclic) bond motifs is 1. The lowest BCUT2D eigenvalue weighted by molar-refractivity contribution is -0.385. The van der Waals surface area contributed by atoms with Crippen LogP contribution in [-0.4, -0.2) is 86.5 Å². The molecule has 2 aromatic carbocycles. The van der Waals surface area contributed by atoms with E-state index in [9.17, 15) is 24.5 Å². The fourth-order valence-corrected chi connectivity index (χ4v) is 6.65. The van der Waals surface area contributed by atoms with Crippen molar-refractivity contribution in [2.75, 3.05) is 65.1 Å². The van der Waals surface area contributed by atoms with Crippen molar-refractivity contribution < 1.29 is 33.5 Å². The predicted octanol–water partition coefficient (Wildman–Crippen LogP) is 2.41. The third kappa shape index (κ3) is 7.11. The molecule has 0 spiro atoms. The van der Waals surface area contributed by atoms with Gasteiger partial charge in [-0.2, -0.15) is 0 Å². The monoisotopic (exact) mass is 679 g/mol. The van der Waals surface area contributed by atoms with E-state index in [2.05, 4.69) is 19.5 Å². The van der Waals surface area contributed by atoms with Gasteiger partial charge in [-0.1, -0.05) is 17.4 Å². The molecule has 0 amide bonds. The van der Waals surface area contributed by atoms with Crippen molar-refractivity contribution in [3.63, 3.8) is 0 Å². The van der Waals surface area contributed by atoms with Gasteiger partial charge in [0.15, 0.2) is 22.9 Å². The molecule has 0 N–H and O–H groups in total. The van der Waals surface area contributed by atoms with E-state index in [1.54, 1.807) is 51.1 Å². The van der Waals surface area contributed by atoms with Gasteiger partial charge >= 0.3 is 11.9 Å². The van der Waals surface area contributed by atoms with Gasteiger partial charge in [-0.05, 0) is 63.7 Å². The highest BCUT2D eigenvalue weighted by molar-refractivity contribution is 7.07. The number of benzene rings is 2. The molecule has 0 aliphatic carbocycles. The number of hydrogen-bond donors (Lipinski definition) is 0. The van der Waals surface area contributed by atoms with Crippen LogP contribution in [0.15, 0.2) is 57.5 Å². The second-order valence-electron chi connectivity index (χ2n) is 11.1. The maximum absolute atomic E-state index is 14.2. The number of thiazole rings is 1. The summed E-state index contributed by atoms with van der Waals surface area (Å²) in [6, 6.07) is 8.84. The minimum Gasteiger partial charge on any atom is -0.490 e.